The highest BCUT2D eigenvalue weighted by Gasteiger charge is 2.13. The van der Waals surface area contributed by atoms with E-state index >= 15 is 0 Å². The summed E-state index contributed by atoms with van der Waals surface area (Å²) in [6.07, 6.45) is 0. The number of benzene rings is 1. The molecule has 0 aliphatic rings. The van der Waals surface area contributed by atoms with E-state index in [0.717, 1.165) is 0 Å². The number of phenols is 1. The fourth-order valence-corrected chi connectivity index (χ4v) is 2.35. The maximum Gasteiger partial charge on any atom is 0.299 e. The Kier molecular flexibility index (Phi) is 4.19. The highest BCUT2D eigenvalue weighted by molar-refractivity contribution is 7.90. The zero-order chi connectivity index (χ0) is 13.1. The van der Waals surface area contributed by atoms with Gasteiger partial charge in [-0.2, -0.15) is 13.1 Å². The van der Waals surface area contributed by atoms with E-state index in [1.165, 1.54) is 19.2 Å². The van der Waals surface area contributed by atoms with Crippen LogP contribution in [0.5, 0.6) is 11.5 Å². The maximum atomic E-state index is 11.6. The van der Waals surface area contributed by atoms with Crippen LogP contribution in [0.1, 0.15) is 13.8 Å². The molecular weight excluding hydrogens is 244 g/mol. The molecule has 1 aromatic rings. The molecule has 0 heterocycles. The number of rotatable bonds is 5. The molecule has 3 N–H and O–H groups in total. The van der Waals surface area contributed by atoms with Crippen LogP contribution in [-0.4, -0.2) is 26.7 Å². The van der Waals surface area contributed by atoms with Gasteiger partial charge in [-0.1, -0.05) is 0 Å². The highest BCUT2D eigenvalue weighted by atomic mass is 32.2. The SMILES string of the molecule is COc1ccc(NS(=O)(=O)NC(C)C)c(O)c1. The van der Waals surface area contributed by atoms with Crippen molar-refractivity contribution >= 4 is 15.9 Å². The average Bonchev–Trinajstić information content (AvgIpc) is 2.18. The molecule has 1 aromatic carbocycles. The van der Waals surface area contributed by atoms with Gasteiger partial charge in [0.2, 0.25) is 0 Å². The third-order valence-electron chi connectivity index (χ3n) is 1.84. The fraction of sp³-hybridized carbons (Fsp3) is 0.400. The van der Waals surface area contributed by atoms with E-state index in [-0.39, 0.29) is 17.5 Å². The van der Waals surface area contributed by atoms with Gasteiger partial charge in [0.1, 0.15) is 11.5 Å². The van der Waals surface area contributed by atoms with Gasteiger partial charge in [0.05, 0.1) is 12.8 Å². The second kappa shape index (κ2) is 5.24. The molecular formula is C10H16N2O4S. The van der Waals surface area contributed by atoms with Gasteiger partial charge in [-0.05, 0) is 26.0 Å². The molecule has 0 atom stereocenters. The number of hydrogen-bond donors (Lipinski definition) is 3. The highest BCUT2D eigenvalue weighted by Crippen LogP contribution is 2.28. The average molecular weight is 260 g/mol. The molecule has 0 aromatic heterocycles. The Morgan fingerprint density at radius 2 is 2.00 bits per heavy atom. The molecule has 0 spiro atoms. The van der Waals surface area contributed by atoms with E-state index in [4.69, 9.17) is 4.74 Å². The van der Waals surface area contributed by atoms with Crippen molar-refractivity contribution in [1.29, 1.82) is 0 Å². The van der Waals surface area contributed by atoms with Gasteiger partial charge in [-0.15, -0.1) is 0 Å². The van der Waals surface area contributed by atoms with Crippen LogP contribution in [0.4, 0.5) is 5.69 Å². The summed E-state index contributed by atoms with van der Waals surface area (Å²) in [6, 6.07) is 4.07. The molecule has 0 fully saturated rings. The van der Waals surface area contributed by atoms with Gasteiger partial charge in [-0.3, -0.25) is 4.72 Å². The summed E-state index contributed by atoms with van der Waals surface area (Å²) < 4.78 is 32.6. The summed E-state index contributed by atoms with van der Waals surface area (Å²) in [4.78, 5) is 0. The minimum atomic E-state index is -3.68. The van der Waals surface area contributed by atoms with Gasteiger partial charge in [0.15, 0.2) is 0 Å². The largest absolute Gasteiger partial charge is 0.506 e. The number of aromatic hydroxyl groups is 1. The fourth-order valence-electron chi connectivity index (χ4n) is 1.21. The normalized spacial score (nSPS) is 11.5. The second-order valence-electron chi connectivity index (χ2n) is 3.76. The quantitative estimate of drug-likeness (QED) is 0.691. The first kappa shape index (κ1) is 13.6. The monoisotopic (exact) mass is 260 g/mol. The number of ether oxygens (including phenoxy) is 1. The van der Waals surface area contributed by atoms with E-state index in [2.05, 4.69) is 9.44 Å². The summed E-state index contributed by atoms with van der Waals surface area (Å²) in [7, 11) is -2.22. The van der Waals surface area contributed by atoms with Crippen LogP contribution < -0.4 is 14.2 Å². The third-order valence-corrected chi connectivity index (χ3v) is 3.11. The number of methoxy groups -OCH3 is 1. The van der Waals surface area contributed by atoms with E-state index in [9.17, 15) is 13.5 Å². The summed E-state index contributed by atoms with van der Waals surface area (Å²) >= 11 is 0. The molecule has 0 aliphatic carbocycles. The van der Waals surface area contributed by atoms with Gasteiger partial charge in [0.25, 0.3) is 10.2 Å². The maximum absolute atomic E-state index is 11.6. The van der Waals surface area contributed by atoms with Crippen LogP contribution >= 0.6 is 0 Å². The molecule has 0 bridgehead atoms. The molecule has 0 aliphatic heterocycles. The van der Waals surface area contributed by atoms with E-state index in [1.807, 2.05) is 0 Å². The topological polar surface area (TPSA) is 87.7 Å². The molecule has 0 saturated heterocycles. The summed E-state index contributed by atoms with van der Waals surface area (Å²) in [5.41, 5.74) is 0.0963. The Balaban J connectivity index is 2.89. The van der Waals surface area contributed by atoms with E-state index < -0.39 is 10.2 Å². The predicted molar refractivity (Wildman–Crippen MR) is 65.5 cm³/mol. The van der Waals surface area contributed by atoms with Crippen molar-refractivity contribution in [3.8, 4) is 11.5 Å². The van der Waals surface area contributed by atoms with Crippen LogP contribution in [0.2, 0.25) is 0 Å². The standard InChI is InChI=1S/C10H16N2O4S/c1-7(2)11-17(14,15)12-9-5-4-8(16-3)6-10(9)13/h4-7,11-13H,1-3H3. The zero-order valence-corrected chi connectivity index (χ0v) is 10.7. The summed E-state index contributed by atoms with van der Waals surface area (Å²) in [5.74, 6) is 0.251. The first-order chi connectivity index (χ1) is 7.84. The Morgan fingerprint density at radius 3 is 2.47 bits per heavy atom. The first-order valence-electron chi connectivity index (χ1n) is 5.01. The van der Waals surface area contributed by atoms with Crippen molar-refractivity contribution in [3.05, 3.63) is 18.2 Å². The molecule has 6 nitrogen and oxygen atoms in total. The van der Waals surface area contributed by atoms with Crippen molar-refractivity contribution in [2.24, 2.45) is 0 Å². The van der Waals surface area contributed by atoms with Crippen LogP contribution in [0, 0.1) is 0 Å². The third kappa shape index (κ3) is 4.12. The zero-order valence-electron chi connectivity index (χ0n) is 9.89. The Bertz CT molecular complexity index is 485. The van der Waals surface area contributed by atoms with E-state index in [0.29, 0.717) is 5.75 Å². The minimum Gasteiger partial charge on any atom is -0.506 e. The molecule has 17 heavy (non-hydrogen) atoms. The summed E-state index contributed by atoms with van der Waals surface area (Å²) in [5, 5.41) is 9.59. The molecule has 96 valence electrons. The van der Waals surface area contributed by atoms with Gasteiger partial charge >= 0.3 is 0 Å². The lowest BCUT2D eigenvalue weighted by molar-refractivity contribution is 0.408. The van der Waals surface area contributed by atoms with Gasteiger partial charge in [-0.25, -0.2) is 0 Å². The molecule has 7 heteroatoms. The van der Waals surface area contributed by atoms with Crippen molar-refractivity contribution in [3.63, 3.8) is 0 Å². The number of hydrogen-bond acceptors (Lipinski definition) is 4. The predicted octanol–water partition coefficient (Wildman–Crippen LogP) is 1.06. The Labute approximate surface area is 101 Å². The lowest BCUT2D eigenvalue weighted by Crippen LogP contribution is -2.35. The Morgan fingerprint density at radius 1 is 1.35 bits per heavy atom. The van der Waals surface area contributed by atoms with Crippen molar-refractivity contribution in [2.45, 2.75) is 19.9 Å². The van der Waals surface area contributed by atoms with Gasteiger partial charge < -0.3 is 9.84 Å². The molecule has 0 unspecified atom stereocenters. The molecule has 0 saturated carbocycles. The van der Waals surface area contributed by atoms with Crippen LogP contribution in [0.25, 0.3) is 0 Å². The number of phenolic OH excluding ortho intramolecular Hbond substituents is 1. The molecule has 1 rings (SSSR count). The number of nitrogens with one attached hydrogen (secondary N) is 2. The van der Waals surface area contributed by atoms with Gasteiger partial charge in [0, 0.05) is 12.1 Å². The van der Waals surface area contributed by atoms with Crippen LogP contribution in [0.3, 0.4) is 0 Å². The van der Waals surface area contributed by atoms with Crippen molar-refractivity contribution < 1.29 is 18.3 Å². The lowest BCUT2D eigenvalue weighted by atomic mass is 10.3. The molecule has 0 radical (unpaired) electrons. The Hall–Kier alpha value is -1.47. The van der Waals surface area contributed by atoms with Crippen molar-refractivity contribution in [2.75, 3.05) is 11.8 Å². The lowest BCUT2D eigenvalue weighted by Gasteiger charge is -2.13. The number of anilines is 1. The molecule has 0 amide bonds. The van der Waals surface area contributed by atoms with Crippen LogP contribution in [0.15, 0.2) is 18.2 Å². The van der Waals surface area contributed by atoms with Crippen molar-refractivity contribution in [1.82, 2.24) is 4.72 Å². The summed E-state index contributed by atoms with van der Waals surface area (Å²) in [6.45, 7) is 3.40. The second-order valence-corrected chi connectivity index (χ2v) is 5.21. The smallest absolute Gasteiger partial charge is 0.299 e. The van der Waals surface area contributed by atoms with E-state index in [1.54, 1.807) is 19.9 Å². The van der Waals surface area contributed by atoms with Crippen LogP contribution in [-0.2, 0) is 10.2 Å². The minimum absolute atomic E-state index is 0.0963. The first-order valence-corrected chi connectivity index (χ1v) is 6.49.